The van der Waals surface area contributed by atoms with Gasteiger partial charge in [0, 0.05) is 27.9 Å². The van der Waals surface area contributed by atoms with E-state index in [0.29, 0.717) is 5.69 Å². The van der Waals surface area contributed by atoms with Gasteiger partial charge in [-0.25, -0.2) is 8.42 Å². The van der Waals surface area contributed by atoms with E-state index in [0.717, 1.165) is 12.1 Å². The van der Waals surface area contributed by atoms with Crippen molar-refractivity contribution in [3.05, 3.63) is 91.4 Å². The normalized spacial score (nSPS) is 11.1. The summed E-state index contributed by atoms with van der Waals surface area (Å²) in [6, 6.07) is 13.1. The molecule has 3 aromatic carbocycles. The van der Waals surface area contributed by atoms with Crippen molar-refractivity contribution >= 4 is 67.8 Å². The van der Waals surface area contributed by atoms with Gasteiger partial charge in [0.2, 0.25) is 0 Å². The van der Waals surface area contributed by atoms with E-state index in [1.165, 1.54) is 48.5 Å². The van der Waals surface area contributed by atoms with Crippen LogP contribution in [0.4, 0.5) is 17.1 Å². The van der Waals surface area contributed by atoms with Crippen LogP contribution >= 0.6 is 34.8 Å². The summed E-state index contributed by atoms with van der Waals surface area (Å²) in [6.45, 7) is 0. The molecule has 0 atom stereocenters. The Hall–Kier alpha value is -2.85. The number of nitrogens with zero attached hydrogens (tertiary/aromatic N) is 1. The Balaban J connectivity index is 1.75. The molecule has 1 amide bonds. The summed E-state index contributed by atoms with van der Waals surface area (Å²) in [6.07, 6.45) is 0. The molecule has 31 heavy (non-hydrogen) atoms. The molecular formula is C19H12Cl3N3O5S. The lowest BCUT2D eigenvalue weighted by Crippen LogP contribution is -2.14. The highest BCUT2D eigenvalue weighted by atomic mass is 35.5. The number of hydrogen-bond donors (Lipinski definition) is 2. The summed E-state index contributed by atoms with van der Waals surface area (Å²) in [5.74, 6) is -0.609. The zero-order valence-electron chi connectivity index (χ0n) is 15.3. The highest BCUT2D eigenvalue weighted by Gasteiger charge is 2.17. The minimum absolute atomic E-state index is 0.0310. The van der Waals surface area contributed by atoms with E-state index >= 15 is 0 Å². The maximum Gasteiger partial charge on any atom is 0.270 e. The molecule has 2 N–H and O–H groups in total. The van der Waals surface area contributed by atoms with Crippen LogP contribution in [-0.2, 0) is 10.0 Å². The Bertz CT molecular complexity index is 1260. The van der Waals surface area contributed by atoms with E-state index in [4.69, 9.17) is 34.8 Å². The number of hydrogen-bond acceptors (Lipinski definition) is 5. The van der Waals surface area contributed by atoms with Crippen LogP contribution < -0.4 is 10.0 Å². The summed E-state index contributed by atoms with van der Waals surface area (Å²) in [7, 11) is -3.93. The first kappa shape index (κ1) is 22.8. The third-order valence-corrected chi connectivity index (χ3v) is 6.09. The number of halogens is 3. The van der Waals surface area contributed by atoms with E-state index in [9.17, 15) is 23.3 Å². The van der Waals surface area contributed by atoms with Gasteiger partial charge >= 0.3 is 0 Å². The minimum atomic E-state index is -3.93. The van der Waals surface area contributed by atoms with Crippen molar-refractivity contribution in [2.75, 3.05) is 10.0 Å². The first-order valence-electron chi connectivity index (χ1n) is 8.39. The number of nitrogens with one attached hydrogen (secondary N) is 2. The Labute approximate surface area is 191 Å². The molecule has 8 nitrogen and oxygen atoms in total. The Kier molecular flexibility index (Phi) is 6.71. The molecular weight excluding hydrogens is 489 g/mol. The Morgan fingerprint density at radius 2 is 1.48 bits per heavy atom. The van der Waals surface area contributed by atoms with Crippen molar-refractivity contribution in [3.8, 4) is 0 Å². The summed E-state index contributed by atoms with van der Waals surface area (Å²) < 4.78 is 27.5. The highest BCUT2D eigenvalue weighted by Crippen LogP contribution is 2.26. The van der Waals surface area contributed by atoms with Crippen molar-refractivity contribution in [3.63, 3.8) is 0 Å². The van der Waals surface area contributed by atoms with Gasteiger partial charge in [-0.3, -0.25) is 19.6 Å². The third kappa shape index (κ3) is 5.65. The predicted molar refractivity (Wildman–Crippen MR) is 120 cm³/mol. The number of non-ortho nitro benzene ring substituents is 1. The number of benzene rings is 3. The fourth-order valence-electron chi connectivity index (χ4n) is 2.54. The molecule has 0 unspecified atom stereocenters. The summed E-state index contributed by atoms with van der Waals surface area (Å²) in [5, 5.41) is 13.8. The van der Waals surface area contributed by atoms with Crippen molar-refractivity contribution in [1.82, 2.24) is 0 Å². The number of anilines is 2. The first-order valence-corrected chi connectivity index (χ1v) is 11.0. The molecule has 0 bridgehead atoms. The standard InChI is InChI=1S/C19H12Cl3N3O5S/c20-11-7-12(21)9-14(8-11)24-31(29,30)16-4-1-13(2-5-16)23-19(26)17-6-3-15(25(27)28)10-18(17)22/h1-10,24H,(H,23,26). The lowest BCUT2D eigenvalue weighted by Gasteiger charge is -2.10. The molecule has 3 aromatic rings. The van der Waals surface area contributed by atoms with Crippen molar-refractivity contribution < 1.29 is 18.1 Å². The second-order valence-electron chi connectivity index (χ2n) is 6.16. The summed E-state index contributed by atoms with van der Waals surface area (Å²) in [5.41, 5.74) is 0.278. The Morgan fingerprint density at radius 3 is 2.03 bits per heavy atom. The van der Waals surface area contributed by atoms with Gasteiger partial charge in [0.1, 0.15) is 0 Å². The molecule has 0 heterocycles. The van der Waals surface area contributed by atoms with Gasteiger partial charge in [-0.2, -0.15) is 0 Å². The van der Waals surface area contributed by atoms with E-state index in [-0.39, 0.29) is 36.9 Å². The molecule has 0 aromatic heterocycles. The van der Waals surface area contributed by atoms with Gasteiger partial charge in [-0.1, -0.05) is 34.8 Å². The van der Waals surface area contributed by atoms with Gasteiger partial charge in [0.05, 0.1) is 26.1 Å². The van der Waals surface area contributed by atoms with Crippen LogP contribution in [0.3, 0.4) is 0 Å². The molecule has 160 valence electrons. The van der Waals surface area contributed by atoms with Crippen molar-refractivity contribution in [2.24, 2.45) is 0 Å². The van der Waals surface area contributed by atoms with Crippen LogP contribution in [0.2, 0.25) is 15.1 Å². The monoisotopic (exact) mass is 499 g/mol. The molecule has 0 fully saturated rings. The number of amides is 1. The van der Waals surface area contributed by atoms with Crippen LogP contribution in [0.5, 0.6) is 0 Å². The van der Waals surface area contributed by atoms with Crippen LogP contribution in [0.25, 0.3) is 0 Å². The third-order valence-electron chi connectivity index (χ3n) is 3.95. The molecule has 12 heteroatoms. The maximum atomic E-state index is 12.6. The number of carbonyl (C=O) groups excluding carboxylic acids is 1. The summed E-state index contributed by atoms with van der Waals surface area (Å²) in [4.78, 5) is 22.5. The minimum Gasteiger partial charge on any atom is -0.322 e. The smallest absolute Gasteiger partial charge is 0.270 e. The number of sulfonamides is 1. The van der Waals surface area contributed by atoms with Crippen LogP contribution in [0.1, 0.15) is 10.4 Å². The largest absolute Gasteiger partial charge is 0.322 e. The number of rotatable bonds is 6. The number of nitro groups is 1. The molecule has 3 rings (SSSR count). The zero-order chi connectivity index (χ0) is 22.8. The molecule has 0 aliphatic carbocycles. The summed E-state index contributed by atoms with van der Waals surface area (Å²) >= 11 is 17.7. The fraction of sp³-hybridized carbons (Fsp3) is 0. The number of nitro benzene ring substituents is 1. The van der Waals surface area contributed by atoms with Gasteiger partial charge in [0.25, 0.3) is 21.6 Å². The lowest BCUT2D eigenvalue weighted by molar-refractivity contribution is -0.384. The second kappa shape index (κ2) is 9.11. The lowest BCUT2D eigenvalue weighted by atomic mass is 10.2. The molecule has 0 aliphatic rings. The molecule has 0 saturated carbocycles. The first-order chi connectivity index (χ1) is 14.5. The zero-order valence-corrected chi connectivity index (χ0v) is 18.4. The molecule has 0 saturated heterocycles. The van der Waals surface area contributed by atoms with Gasteiger partial charge in [-0.15, -0.1) is 0 Å². The van der Waals surface area contributed by atoms with E-state index in [2.05, 4.69) is 10.0 Å². The van der Waals surface area contributed by atoms with Crippen LogP contribution in [0, 0.1) is 10.1 Å². The average Bonchev–Trinajstić information content (AvgIpc) is 2.67. The highest BCUT2D eigenvalue weighted by molar-refractivity contribution is 7.92. The fourth-order valence-corrected chi connectivity index (χ4v) is 4.37. The van der Waals surface area contributed by atoms with Gasteiger partial charge < -0.3 is 5.32 Å². The SMILES string of the molecule is O=C(Nc1ccc(S(=O)(=O)Nc2cc(Cl)cc(Cl)c2)cc1)c1ccc([N+](=O)[O-])cc1Cl. The van der Waals surface area contributed by atoms with Crippen molar-refractivity contribution in [1.29, 1.82) is 0 Å². The van der Waals surface area contributed by atoms with Gasteiger partial charge in [-0.05, 0) is 48.5 Å². The van der Waals surface area contributed by atoms with E-state index in [1.54, 1.807) is 0 Å². The van der Waals surface area contributed by atoms with Crippen molar-refractivity contribution in [2.45, 2.75) is 4.90 Å². The van der Waals surface area contributed by atoms with E-state index in [1.807, 2.05) is 0 Å². The topological polar surface area (TPSA) is 118 Å². The Morgan fingerprint density at radius 1 is 0.871 bits per heavy atom. The molecule has 0 spiro atoms. The number of carbonyl (C=O) groups is 1. The van der Waals surface area contributed by atoms with Crippen LogP contribution in [-0.4, -0.2) is 19.2 Å². The van der Waals surface area contributed by atoms with Crippen LogP contribution in [0.15, 0.2) is 65.6 Å². The van der Waals surface area contributed by atoms with E-state index < -0.39 is 20.9 Å². The quantitative estimate of drug-likeness (QED) is 0.337. The second-order valence-corrected chi connectivity index (χ2v) is 9.13. The average molecular weight is 501 g/mol. The predicted octanol–water partition coefficient (Wildman–Crippen LogP) is 5.61. The maximum absolute atomic E-state index is 12.6. The molecule has 0 radical (unpaired) electrons. The van der Waals surface area contributed by atoms with Gasteiger partial charge in [0.15, 0.2) is 0 Å². The molecule has 0 aliphatic heterocycles.